The molecule has 2 aromatic rings. The number of aromatic nitrogens is 2. The highest BCUT2D eigenvalue weighted by Gasteiger charge is 2.13. The molecule has 0 saturated carbocycles. The van der Waals surface area contributed by atoms with Gasteiger partial charge in [0.2, 0.25) is 0 Å². The van der Waals surface area contributed by atoms with Crippen LogP contribution in [0, 0.1) is 5.92 Å². The Morgan fingerprint density at radius 3 is 2.86 bits per heavy atom. The van der Waals surface area contributed by atoms with Crippen molar-refractivity contribution in [2.45, 2.75) is 13.3 Å². The van der Waals surface area contributed by atoms with Crippen LogP contribution >= 0.6 is 15.9 Å². The molecule has 116 valence electrons. The highest BCUT2D eigenvalue weighted by molar-refractivity contribution is 9.10. The number of nitrogens with zero attached hydrogens (tertiary/aromatic N) is 2. The lowest BCUT2D eigenvalue weighted by molar-refractivity contribution is -0.137. The lowest BCUT2D eigenvalue weighted by Gasteiger charge is -2.09. The molecule has 0 aliphatic rings. The number of amides is 1. The summed E-state index contributed by atoms with van der Waals surface area (Å²) in [6.45, 7) is 2.07. The summed E-state index contributed by atoms with van der Waals surface area (Å²) in [6, 6.07) is 9.19. The highest BCUT2D eigenvalue weighted by Crippen LogP contribution is 2.15. The first-order valence-corrected chi connectivity index (χ1v) is 7.56. The molecule has 0 fully saturated rings. The van der Waals surface area contributed by atoms with Crippen LogP contribution in [0.5, 0.6) is 0 Å². The number of benzene rings is 1. The minimum atomic E-state index is -0.874. The number of hydrogen-bond acceptors (Lipinski definition) is 3. The molecule has 22 heavy (non-hydrogen) atoms. The van der Waals surface area contributed by atoms with Crippen LogP contribution in [0.4, 0.5) is 0 Å². The van der Waals surface area contributed by atoms with Crippen LogP contribution in [0.25, 0.3) is 5.69 Å². The van der Waals surface area contributed by atoms with Gasteiger partial charge in [-0.05, 0) is 30.2 Å². The Kier molecular flexibility index (Phi) is 5.32. The minimum absolute atomic E-state index is 0.0206. The predicted octanol–water partition coefficient (Wildman–Crippen LogP) is 2.48. The average Bonchev–Trinajstić information content (AvgIpc) is 2.94. The van der Waals surface area contributed by atoms with Crippen LogP contribution in [-0.4, -0.2) is 33.3 Å². The van der Waals surface area contributed by atoms with Gasteiger partial charge in [0.15, 0.2) is 5.69 Å². The van der Waals surface area contributed by atoms with Gasteiger partial charge in [-0.2, -0.15) is 5.10 Å². The third-order valence-corrected chi connectivity index (χ3v) is 3.52. The zero-order chi connectivity index (χ0) is 16.1. The molecule has 1 heterocycles. The Bertz CT molecular complexity index is 684. The maximum absolute atomic E-state index is 12.0. The second kappa shape index (κ2) is 7.22. The Balaban J connectivity index is 1.99. The molecule has 0 aliphatic carbocycles. The van der Waals surface area contributed by atoms with E-state index in [2.05, 4.69) is 26.3 Å². The molecule has 0 saturated heterocycles. The highest BCUT2D eigenvalue weighted by atomic mass is 79.9. The summed E-state index contributed by atoms with van der Waals surface area (Å²) in [6.07, 6.45) is 1.73. The van der Waals surface area contributed by atoms with Crippen LogP contribution in [-0.2, 0) is 4.79 Å². The van der Waals surface area contributed by atoms with E-state index in [1.165, 1.54) is 0 Å². The van der Waals surface area contributed by atoms with Crippen molar-refractivity contribution in [3.8, 4) is 5.69 Å². The van der Waals surface area contributed by atoms with E-state index in [0.717, 1.165) is 10.2 Å². The molecular formula is C15H16BrN3O3. The molecule has 1 amide bonds. The minimum Gasteiger partial charge on any atom is -0.481 e. The summed E-state index contributed by atoms with van der Waals surface area (Å²) in [4.78, 5) is 22.6. The third kappa shape index (κ3) is 4.42. The van der Waals surface area contributed by atoms with Crippen molar-refractivity contribution < 1.29 is 14.7 Å². The van der Waals surface area contributed by atoms with Gasteiger partial charge in [0, 0.05) is 23.6 Å². The van der Waals surface area contributed by atoms with Crippen molar-refractivity contribution in [1.82, 2.24) is 15.1 Å². The molecule has 0 bridgehead atoms. The zero-order valence-corrected chi connectivity index (χ0v) is 13.6. The van der Waals surface area contributed by atoms with E-state index in [4.69, 9.17) is 5.11 Å². The van der Waals surface area contributed by atoms with E-state index in [1.807, 2.05) is 24.3 Å². The van der Waals surface area contributed by atoms with E-state index >= 15 is 0 Å². The lowest BCUT2D eigenvalue weighted by Crippen LogP contribution is -2.29. The van der Waals surface area contributed by atoms with E-state index in [9.17, 15) is 9.59 Å². The number of halogens is 1. The molecule has 6 nitrogen and oxygen atoms in total. The Labute approximate surface area is 136 Å². The van der Waals surface area contributed by atoms with Gasteiger partial charge in [0.25, 0.3) is 5.91 Å². The second-order valence-electron chi connectivity index (χ2n) is 5.04. The SMILES string of the molecule is CC(CNC(=O)c1ccn(-c2cccc(Br)c2)n1)CC(=O)O. The van der Waals surface area contributed by atoms with Crippen molar-refractivity contribution in [1.29, 1.82) is 0 Å². The van der Waals surface area contributed by atoms with Crippen LogP contribution in [0.3, 0.4) is 0 Å². The Morgan fingerprint density at radius 1 is 1.41 bits per heavy atom. The quantitative estimate of drug-likeness (QED) is 0.823. The summed E-state index contributed by atoms with van der Waals surface area (Å²) >= 11 is 3.39. The predicted molar refractivity (Wildman–Crippen MR) is 85.0 cm³/mol. The fraction of sp³-hybridized carbons (Fsp3) is 0.267. The smallest absolute Gasteiger partial charge is 0.303 e. The monoisotopic (exact) mass is 365 g/mol. The summed E-state index contributed by atoms with van der Waals surface area (Å²) in [5.74, 6) is -1.32. The van der Waals surface area contributed by atoms with Gasteiger partial charge in [-0.1, -0.05) is 28.9 Å². The molecule has 1 unspecified atom stereocenters. The number of carboxylic acids is 1. The first-order valence-electron chi connectivity index (χ1n) is 6.77. The van der Waals surface area contributed by atoms with Crippen LogP contribution in [0.1, 0.15) is 23.8 Å². The van der Waals surface area contributed by atoms with Gasteiger partial charge >= 0.3 is 5.97 Å². The van der Waals surface area contributed by atoms with E-state index in [-0.39, 0.29) is 18.2 Å². The number of carboxylic acid groups (broad SMARTS) is 1. The van der Waals surface area contributed by atoms with Gasteiger partial charge in [0.05, 0.1) is 5.69 Å². The number of aliphatic carboxylic acids is 1. The number of nitrogens with one attached hydrogen (secondary N) is 1. The summed E-state index contributed by atoms with van der Waals surface area (Å²) in [7, 11) is 0. The fourth-order valence-electron chi connectivity index (χ4n) is 1.94. The maximum atomic E-state index is 12.0. The van der Waals surface area contributed by atoms with E-state index < -0.39 is 5.97 Å². The summed E-state index contributed by atoms with van der Waals surface area (Å²) in [5, 5.41) is 15.6. The van der Waals surface area contributed by atoms with E-state index in [0.29, 0.717) is 12.2 Å². The maximum Gasteiger partial charge on any atom is 0.303 e. The van der Waals surface area contributed by atoms with Crippen molar-refractivity contribution >= 4 is 27.8 Å². The number of carbonyl (C=O) groups is 2. The van der Waals surface area contributed by atoms with Crippen LogP contribution in [0.2, 0.25) is 0 Å². The topological polar surface area (TPSA) is 84.2 Å². The number of rotatable bonds is 6. The Morgan fingerprint density at radius 2 is 2.18 bits per heavy atom. The van der Waals surface area contributed by atoms with Crippen LogP contribution in [0.15, 0.2) is 41.0 Å². The Hall–Kier alpha value is -2.15. The normalized spacial score (nSPS) is 11.9. The van der Waals surface area contributed by atoms with Gasteiger partial charge in [0.1, 0.15) is 0 Å². The number of carbonyl (C=O) groups excluding carboxylic acids is 1. The molecular weight excluding hydrogens is 350 g/mol. The first-order chi connectivity index (χ1) is 10.5. The number of hydrogen-bond donors (Lipinski definition) is 2. The molecule has 0 radical (unpaired) electrons. The zero-order valence-electron chi connectivity index (χ0n) is 12.0. The molecule has 0 aliphatic heterocycles. The van der Waals surface area contributed by atoms with Crippen molar-refractivity contribution in [2.75, 3.05) is 6.54 Å². The fourth-order valence-corrected chi connectivity index (χ4v) is 2.32. The molecule has 2 rings (SSSR count). The van der Waals surface area contributed by atoms with Crippen molar-refractivity contribution in [3.63, 3.8) is 0 Å². The van der Waals surface area contributed by atoms with Gasteiger partial charge < -0.3 is 10.4 Å². The molecule has 7 heteroatoms. The largest absolute Gasteiger partial charge is 0.481 e. The third-order valence-electron chi connectivity index (χ3n) is 3.03. The molecule has 2 N–H and O–H groups in total. The van der Waals surface area contributed by atoms with Crippen molar-refractivity contribution in [3.05, 3.63) is 46.7 Å². The summed E-state index contributed by atoms with van der Waals surface area (Å²) < 4.78 is 2.54. The molecule has 0 spiro atoms. The molecule has 1 aromatic heterocycles. The van der Waals surface area contributed by atoms with Gasteiger partial charge in [-0.25, -0.2) is 4.68 Å². The first kappa shape index (κ1) is 16.2. The molecule has 1 aromatic carbocycles. The summed E-state index contributed by atoms with van der Waals surface area (Å²) in [5.41, 5.74) is 1.13. The van der Waals surface area contributed by atoms with Gasteiger partial charge in [-0.3, -0.25) is 9.59 Å². The standard InChI is InChI=1S/C15H16BrN3O3/c1-10(7-14(20)21)9-17-15(22)13-5-6-19(18-13)12-4-2-3-11(16)8-12/h2-6,8,10H,7,9H2,1H3,(H,17,22)(H,20,21). The van der Waals surface area contributed by atoms with Gasteiger partial charge in [-0.15, -0.1) is 0 Å². The van der Waals surface area contributed by atoms with Crippen LogP contribution < -0.4 is 5.32 Å². The van der Waals surface area contributed by atoms with Crippen molar-refractivity contribution in [2.24, 2.45) is 5.92 Å². The molecule has 1 atom stereocenters. The van der Waals surface area contributed by atoms with E-state index in [1.54, 1.807) is 23.9 Å². The second-order valence-corrected chi connectivity index (χ2v) is 5.95. The average molecular weight is 366 g/mol. The lowest BCUT2D eigenvalue weighted by atomic mass is 10.1.